The Labute approximate surface area is 179 Å². The van der Waals surface area contributed by atoms with Crippen molar-refractivity contribution in [3.8, 4) is 17.2 Å². The van der Waals surface area contributed by atoms with E-state index in [2.05, 4.69) is 10.1 Å². The van der Waals surface area contributed by atoms with Gasteiger partial charge in [-0.25, -0.2) is 9.50 Å². The third-order valence-electron chi connectivity index (χ3n) is 5.73. The Morgan fingerprint density at radius 2 is 1.68 bits per heavy atom. The van der Waals surface area contributed by atoms with Gasteiger partial charge in [-0.2, -0.15) is 0 Å². The Bertz CT molecular complexity index is 1150. The molecule has 1 amide bonds. The van der Waals surface area contributed by atoms with Crippen LogP contribution in [0.4, 0.5) is 0 Å². The molecule has 31 heavy (non-hydrogen) atoms. The molecule has 1 aromatic carbocycles. The quantitative estimate of drug-likeness (QED) is 0.673. The highest BCUT2D eigenvalue weighted by atomic mass is 16.5. The molecule has 0 aliphatic carbocycles. The molecule has 2 aromatic heterocycles. The number of rotatable bonds is 5. The smallest absolute Gasteiger partial charge is 0.272 e. The van der Waals surface area contributed by atoms with Crippen LogP contribution < -0.4 is 19.8 Å². The van der Waals surface area contributed by atoms with Gasteiger partial charge in [0.1, 0.15) is 0 Å². The first-order valence-corrected chi connectivity index (χ1v) is 10.1. The lowest BCUT2D eigenvalue weighted by atomic mass is 9.93. The summed E-state index contributed by atoms with van der Waals surface area (Å²) in [6.07, 6.45) is 1.58. The predicted octanol–water partition coefficient (Wildman–Crippen LogP) is 2.38. The highest BCUT2D eigenvalue weighted by Crippen LogP contribution is 2.39. The number of aryl methyl sites for hydroxylation is 1. The lowest BCUT2D eigenvalue weighted by Gasteiger charge is -2.31. The highest BCUT2D eigenvalue weighted by molar-refractivity contribution is 5.95. The van der Waals surface area contributed by atoms with Crippen LogP contribution in [0.3, 0.4) is 0 Å². The van der Waals surface area contributed by atoms with Gasteiger partial charge in [0, 0.05) is 48.1 Å². The molecular formula is C22H26N4O5. The van der Waals surface area contributed by atoms with E-state index in [1.54, 1.807) is 19.1 Å². The molecule has 3 heterocycles. The summed E-state index contributed by atoms with van der Waals surface area (Å²) in [7, 11) is 4.58. The van der Waals surface area contributed by atoms with Crippen LogP contribution in [0.1, 0.15) is 40.5 Å². The standard InChI is InChI=1S/C22H26N4O5/c1-13-9-20(27)26-19(23-13)12-16(24-26)14-5-7-25(8-6-14)22(28)15-10-17(29-2)21(31-4)18(11-15)30-3/h9-12,14,24H,5-8H2,1-4H3. The minimum absolute atomic E-state index is 0.0807. The van der Waals surface area contributed by atoms with Gasteiger partial charge < -0.3 is 19.1 Å². The van der Waals surface area contributed by atoms with E-state index in [1.165, 1.54) is 31.9 Å². The Morgan fingerprint density at radius 3 is 2.26 bits per heavy atom. The average Bonchev–Trinajstić information content (AvgIpc) is 3.22. The first kappa shape index (κ1) is 20.8. The second kappa shape index (κ2) is 8.33. The summed E-state index contributed by atoms with van der Waals surface area (Å²) in [5.41, 5.74) is 2.65. The second-order valence-corrected chi connectivity index (χ2v) is 7.62. The molecule has 164 valence electrons. The number of amides is 1. The van der Waals surface area contributed by atoms with E-state index < -0.39 is 0 Å². The zero-order chi connectivity index (χ0) is 22.1. The Morgan fingerprint density at radius 1 is 1.03 bits per heavy atom. The van der Waals surface area contributed by atoms with Crippen molar-refractivity contribution in [2.24, 2.45) is 0 Å². The number of hydrogen-bond acceptors (Lipinski definition) is 6. The van der Waals surface area contributed by atoms with Crippen LogP contribution in [0.5, 0.6) is 17.2 Å². The van der Waals surface area contributed by atoms with Crippen molar-refractivity contribution in [2.45, 2.75) is 25.7 Å². The molecule has 4 rings (SSSR count). The summed E-state index contributed by atoms with van der Waals surface area (Å²) in [5.74, 6) is 1.50. The lowest BCUT2D eigenvalue weighted by Crippen LogP contribution is -2.38. The van der Waals surface area contributed by atoms with Crippen LogP contribution in [0.15, 0.2) is 29.1 Å². The number of aromatic nitrogens is 3. The van der Waals surface area contributed by atoms with Crippen LogP contribution in [0, 0.1) is 6.92 Å². The van der Waals surface area contributed by atoms with Crippen molar-refractivity contribution in [2.75, 3.05) is 34.4 Å². The van der Waals surface area contributed by atoms with Gasteiger partial charge in [0.15, 0.2) is 17.1 Å². The maximum Gasteiger partial charge on any atom is 0.272 e. The van der Waals surface area contributed by atoms with Crippen molar-refractivity contribution < 1.29 is 19.0 Å². The summed E-state index contributed by atoms with van der Waals surface area (Å²) >= 11 is 0. The number of carbonyl (C=O) groups excluding carboxylic acids is 1. The number of fused-ring (bicyclic) bond motifs is 1. The van der Waals surface area contributed by atoms with Gasteiger partial charge in [-0.05, 0) is 31.9 Å². The van der Waals surface area contributed by atoms with Gasteiger partial charge in [0.05, 0.1) is 21.3 Å². The molecule has 1 N–H and O–H groups in total. The first-order chi connectivity index (χ1) is 14.9. The zero-order valence-electron chi connectivity index (χ0n) is 18.1. The lowest BCUT2D eigenvalue weighted by molar-refractivity contribution is 0.0711. The molecule has 1 aliphatic rings. The monoisotopic (exact) mass is 426 g/mol. The number of nitrogens with one attached hydrogen (secondary N) is 1. The molecule has 1 aliphatic heterocycles. The fourth-order valence-electron chi connectivity index (χ4n) is 4.12. The third-order valence-corrected chi connectivity index (χ3v) is 5.73. The number of piperidine rings is 1. The van der Waals surface area contributed by atoms with Gasteiger partial charge in [0.2, 0.25) is 5.75 Å². The van der Waals surface area contributed by atoms with E-state index in [1.807, 2.05) is 11.0 Å². The van der Waals surface area contributed by atoms with Gasteiger partial charge in [-0.1, -0.05) is 0 Å². The second-order valence-electron chi connectivity index (χ2n) is 7.62. The summed E-state index contributed by atoms with van der Waals surface area (Å²) in [6, 6.07) is 6.78. The van der Waals surface area contributed by atoms with Crippen LogP contribution in [-0.2, 0) is 0 Å². The molecule has 0 atom stereocenters. The molecule has 0 bridgehead atoms. The molecule has 3 aromatic rings. The van der Waals surface area contributed by atoms with E-state index >= 15 is 0 Å². The predicted molar refractivity (Wildman–Crippen MR) is 115 cm³/mol. The number of likely N-dealkylation sites (tertiary alicyclic amines) is 1. The Kier molecular flexibility index (Phi) is 5.58. The summed E-state index contributed by atoms with van der Waals surface area (Å²) in [4.78, 5) is 31.5. The Balaban J connectivity index is 1.51. The van der Waals surface area contributed by atoms with Gasteiger partial charge in [0.25, 0.3) is 11.5 Å². The Hall–Kier alpha value is -3.49. The molecule has 1 fully saturated rings. The van der Waals surface area contributed by atoms with Crippen LogP contribution in [-0.4, -0.2) is 59.8 Å². The van der Waals surface area contributed by atoms with E-state index in [0.29, 0.717) is 47.2 Å². The van der Waals surface area contributed by atoms with Crippen molar-refractivity contribution in [1.82, 2.24) is 19.5 Å². The number of methoxy groups -OCH3 is 3. The largest absolute Gasteiger partial charge is 0.493 e. The normalized spacial score (nSPS) is 14.6. The van der Waals surface area contributed by atoms with Gasteiger partial charge in [-0.15, -0.1) is 0 Å². The van der Waals surface area contributed by atoms with Crippen molar-refractivity contribution in [1.29, 1.82) is 0 Å². The number of benzene rings is 1. The van der Waals surface area contributed by atoms with Crippen molar-refractivity contribution in [3.05, 3.63) is 51.6 Å². The topological polar surface area (TPSA) is 98.2 Å². The maximum absolute atomic E-state index is 13.1. The number of carbonyl (C=O) groups is 1. The molecule has 9 nitrogen and oxygen atoms in total. The SMILES string of the molecule is COc1cc(C(=O)N2CCC(c3cc4nc(C)cc(=O)n4[nH]3)CC2)cc(OC)c1OC. The summed E-state index contributed by atoms with van der Waals surface area (Å²) in [5, 5.41) is 3.17. The fourth-order valence-corrected chi connectivity index (χ4v) is 4.12. The molecule has 0 radical (unpaired) electrons. The number of H-pyrrole nitrogens is 1. The number of nitrogens with zero attached hydrogens (tertiary/aromatic N) is 3. The van der Waals surface area contributed by atoms with E-state index in [-0.39, 0.29) is 17.4 Å². The molecule has 0 saturated carbocycles. The minimum Gasteiger partial charge on any atom is -0.493 e. The van der Waals surface area contributed by atoms with Crippen molar-refractivity contribution >= 4 is 11.6 Å². The zero-order valence-corrected chi connectivity index (χ0v) is 18.1. The molecule has 0 spiro atoms. The van der Waals surface area contributed by atoms with Crippen molar-refractivity contribution in [3.63, 3.8) is 0 Å². The molecule has 9 heteroatoms. The van der Waals surface area contributed by atoms with Crippen LogP contribution >= 0.6 is 0 Å². The summed E-state index contributed by atoms with van der Waals surface area (Å²) in [6.45, 7) is 3.02. The van der Waals surface area contributed by atoms with E-state index in [4.69, 9.17) is 14.2 Å². The number of hydrogen-bond donors (Lipinski definition) is 1. The molecule has 0 unspecified atom stereocenters. The molecule has 1 saturated heterocycles. The van der Waals surface area contributed by atoms with Gasteiger partial charge in [-0.3, -0.25) is 14.7 Å². The highest BCUT2D eigenvalue weighted by Gasteiger charge is 2.27. The summed E-state index contributed by atoms with van der Waals surface area (Å²) < 4.78 is 17.5. The van der Waals surface area contributed by atoms with E-state index in [9.17, 15) is 9.59 Å². The fraction of sp³-hybridized carbons (Fsp3) is 0.409. The van der Waals surface area contributed by atoms with E-state index in [0.717, 1.165) is 18.5 Å². The first-order valence-electron chi connectivity index (χ1n) is 10.1. The number of aromatic amines is 1. The maximum atomic E-state index is 13.1. The minimum atomic E-state index is -0.122. The average molecular weight is 426 g/mol. The molecular weight excluding hydrogens is 400 g/mol. The van der Waals surface area contributed by atoms with Crippen LogP contribution in [0.25, 0.3) is 5.65 Å². The van der Waals surface area contributed by atoms with Crippen LogP contribution in [0.2, 0.25) is 0 Å². The third kappa shape index (κ3) is 3.83. The number of ether oxygens (including phenoxy) is 3. The van der Waals surface area contributed by atoms with Gasteiger partial charge >= 0.3 is 0 Å².